The van der Waals surface area contributed by atoms with Gasteiger partial charge in [0, 0.05) is 20.9 Å². The zero-order chi connectivity index (χ0) is 30.9. The summed E-state index contributed by atoms with van der Waals surface area (Å²) in [5.74, 6) is -4.23. The van der Waals surface area contributed by atoms with Crippen molar-refractivity contribution in [2.24, 2.45) is 0 Å². The number of halogens is 1. The minimum absolute atomic E-state index is 0.499. The second-order valence-electron chi connectivity index (χ2n) is 6.35. The van der Waals surface area contributed by atoms with E-state index in [2.05, 4.69) is 0 Å². The average molecular weight is 422 g/mol. The van der Waals surface area contributed by atoms with E-state index < -0.39 is 100 Å². The van der Waals surface area contributed by atoms with Gasteiger partial charge in [0.1, 0.15) is 11.4 Å². The number of anilines is 2. The predicted octanol–water partition coefficient (Wildman–Crippen LogP) is 3.28. The van der Waals surface area contributed by atoms with Crippen LogP contribution in [0.3, 0.4) is 0 Å². The number of carbonyl (C=O) groups excluding carboxylic acids is 2. The van der Waals surface area contributed by atoms with Crippen LogP contribution in [-0.4, -0.2) is 29.4 Å². The summed E-state index contributed by atoms with van der Waals surface area (Å²) >= 11 is 5.39. The largest absolute Gasteiger partial charge is 0.355 e. The minimum Gasteiger partial charge on any atom is -0.355 e. The molecule has 2 aromatic carbocycles. The highest BCUT2D eigenvalue weighted by atomic mass is 32.1. The molecule has 1 fully saturated rings. The molecule has 29 heavy (non-hydrogen) atoms. The Morgan fingerprint density at radius 3 is 2.76 bits per heavy atom. The van der Waals surface area contributed by atoms with Crippen LogP contribution in [0.4, 0.5) is 15.8 Å². The molecule has 0 unspecified atom stereocenters. The molecule has 2 aromatic rings. The third-order valence-corrected chi connectivity index (χ3v) is 4.56. The van der Waals surface area contributed by atoms with Gasteiger partial charge in [-0.1, -0.05) is 0 Å². The molecule has 0 atom stereocenters. The first kappa shape index (κ1) is 10.5. The topological polar surface area (TPSA) is 76.4 Å². The third kappa shape index (κ3) is 3.23. The summed E-state index contributed by atoms with van der Waals surface area (Å²) in [4.78, 5) is 27.4. The summed E-state index contributed by atoms with van der Waals surface area (Å²) < 4.78 is 102. The van der Waals surface area contributed by atoms with Gasteiger partial charge in [-0.15, -0.1) is 0 Å². The van der Waals surface area contributed by atoms with E-state index >= 15 is 4.39 Å². The Morgan fingerprint density at radius 1 is 1.34 bits per heavy atom. The zero-order valence-corrected chi connectivity index (χ0v) is 15.8. The van der Waals surface area contributed by atoms with Crippen LogP contribution in [0.2, 0.25) is 0 Å². The maximum absolute atomic E-state index is 15.3. The molecule has 0 aliphatic carbocycles. The van der Waals surface area contributed by atoms with Crippen molar-refractivity contribution in [3.05, 3.63) is 58.8 Å². The van der Waals surface area contributed by atoms with Crippen LogP contribution in [0.15, 0.2) is 36.3 Å². The van der Waals surface area contributed by atoms with E-state index in [0.29, 0.717) is 4.90 Å². The number of carbonyl (C=O) groups is 2. The Balaban J connectivity index is 2.30. The first-order valence-electron chi connectivity index (χ1n) is 13.4. The third-order valence-electron chi connectivity index (χ3n) is 4.20. The highest BCUT2D eigenvalue weighted by Gasteiger charge is 2.50. The van der Waals surface area contributed by atoms with E-state index in [1.807, 2.05) is 0 Å². The standard InChI is InChI=1S/C21H19FN4O2S/c1-12-9-14(6-5-13(12)11-23)25-19(28)21(2,3)26(20(25)29)15-7-8-16(17(22)10-15)18(27)24-4/h5-10H,1-4H3,(H,24,27)/i1D3,4D3,6D,7D,8D,9D,10D. The van der Waals surface area contributed by atoms with Crippen molar-refractivity contribution in [1.29, 1.82) is 5.26 Å². The van der Waals surface area contributed by atoms with Crippen LogP contribution in [-0.2, 0) is 4.79 Å². The molecule has 0 radical (unpaired) electrons. The lowest BCUT2D eigenvalue weighted by molar-refractivity contribution is -0.120. The van der Waals surface area contributed by atoms with Crippen LogP contribution < -0.4 is 15.1 Å². The summed E-state index contributed by atoms with van der Waals surface area (Å²) in [5.41, 5.74) is -5.68. The minimum atomic E-state index is -3.07. The van der Waals surface area contributed by atoms with Gasteiger partial charge < -0.3 is 10.2 Å². The summed E-state index contributed by atoms with van der Waals surface area (Å²) in [6.07, 6.45) is 0. The molecule has 6 nitrogen and oxygen atoms in total. The molecular weight excluding hydrogens is 391 g/mol. The summed E-state index contributed by atoms with van der Waals surface area (Å²) in [5, 5.41) is 10.2. The summed E-state index contributed by atoms with van der Waals surface area (Å²) in [6, 6.07) is -2.31. The number of nitrogens with one attached hydrogen (secondary N) is 1. The maximum Gasteiger partial charge on any atom is 0.259 e. The van der Waals surface area contributed by atoms with Gasteiger partial charge in [0.25, 0.3) is 11.8 Å². The van der Waals surface area contributed by atoms with Gasteiger partial charge in [-0.3, -0.25) is 14.5 Å². The van der Waals surface area contributed by atoms with E-state index in [4.69, 9.17) is 27.3 Å². The Hall–Kier alpha value is -3.31. The number of thiocarbonyl (C=S) groups is 1. The van der Waals surface area contributed by atoms with Crippen molar-refractivity contribution in [2.75, 3.05) is 16.8 Å². The average Bonchev–Trinajstić information content (AvgIpc) is 2.95. The number of nitriles is 1. The van der Waals surface area contributed by atoms with Crippen molar-refractivity contribution >= 4 is 40.5 Å². The first-order chi connectivity index (χ1) is 18.1. The van der Waals surface area contributed by atoms with Crippen molar-refractivity contribution < 1.29 is 29.1 Å². The fourth-order valence-electron chi connectivity index (χ4n) is 2.72. The molecule has 1 saturated heterocycles. The quantitative estimate of drug-likeness (QED) is 0.770. The van der Waals surface area contributed by atoms with Gasteiger partial charge in [0.2, 0.25) is 0 Å². The Labute approximate surface area is 189 Å². The van der Waals surface area contributed by atoms with Gasteiger partial charge in [-0.25, -0.2) is 4.39 Å². The summed E-state index contributed by atoms with van der Waals surface area (Å²) in [6.45, 7) is -3.60. The van der Waals surface area contributed by atoms with Crippen LogP contribution in [0.25, 0.3) is 0 Å². The molecule has 148 valence electrons. The van der Waals surface area contributed by atoms with Crippen LogP contribution in [0, 0.1) is 24.0 Å². The van der Waals surface area contributed by atoms with Gasteiger partial charge in [-0.2, -0.15) is 5.26 Å². The molecule has 1 aliphatic heterocycles. The SMILES string of the molecule is [2H]c1cc(C#N)c(C([2H])([2H])[2H])c([2H])c1N1C(=O)C(C)(C)N(c2c([2H])c([2H])c(C(=O)NC([2H])([2H])[2H])c(F)c2[2H])C1=S. The van der Waals surface area contributed by atoms with Crippen LogP contribution >= 0.6 is 12.2 Å². The van der Waals surface area contributed by atoms with Crippen molar-refractivity contribution in [2.45, 2.75) is 26.2 Å². The maximum atomic E-state index is 15.3. The fourth-order valence-corrected chi connectivity index (χ4v) is 3.21. The van der Waals surface area contributed by atoms with Crippen LogP contribution in [0.1, 0.15) is 50.4 Å². The second-order valence-corrected chi connectivity index (χ2v) is 6.71. The molecule has 1 N–H and O–H groups in total. The Bertz CT molecular complexity index is 1500. The molecule has 0 saturated carbocycles. The van der Waals surface area contributed by atoms with Gasteiger partial charge in [0.15, 0.2) is 5.11 Å². The van der Waals surface area contributed by atoms with E-state index in [0.717, 1.165) is 11.0 Å². The summed E-state index contributed by atoms with van der Waals surface area (Å²) in [7, 11) is 0. The molecule has 0 spiro atoms. The Morgan fingerprint density at radius 2 is 2.10 bits per heavy atom. The number of rotatable bonds is 3. The molecule has 0 bridgehead atoms. The number of hydrogen-bond donors (Lipinski definition) is 1. The van der Waals surface area contributed by atoms with Crippen molar-refractivity contribution in [1.82, 2.24) is 5.32 Å². The number of amides is 2. The predicted molar refractivity (Wildman–Crippen MR) is 112 cm³/mol. The molecule has 0 aromatic heterocycles. The smallest absolute Gasteiger partial charge is 0.259 e. The molecule has 2 amide bonds. The monoisotopic (exact) mass is 421 g/mol. The van der Waals surface area contributed by atoms with Crippen LogP contribution in [0.5, 0.6) is 0 Å². The first-order valence-corrected chi connectivity index (χ1v) is 8.35. The molecule has 8 heteroatoms. The van der Waals surface area contributed by atoms with E-state index in [1.165, 1.54) is 19.2 Å². The lowest BCUT2D eigenvalue weighted by atomic mass is 10.0. The normalized spacial score (nSPS) is 21.8. The van der Waals surface area contributed by atoms with E-state index in [9.17, 15) is 14.9 Å². The van der Waals surface area contributed by atoms with Crippen molar-refractivity contribution in [3.8, 4) is 6.07 Å². The van der Waals surface area contributed by atoms with Gasteiger partial charge in [-0.05, 0) is 74.8 Å². The second kappa shape index (κ2) is 7.26. The molecular formula is C21H19FN4O2S. The molecule has 1 heterocycles. The highest BCUT2D eigenvalue weighted by molar-refractivity contribution is 7.81. The Kier molecular flexibility index (Phi) is 2.62. The van der Waals surface area contributed by atoms with Crippen molar-refractivity contribution in [3.63, 3.8) is 0 Å². The zero-order valence-electron chi connectivity index (χ0n) is 26.0. The van der Waals surface area contributed by atoms with Gasteiger partial charge >= 0.3 is 0 Å². The number of benzene rings is 2. The number of nitrogens with zero attached hydrogens (tertiary/aromatic N) is 3. The highest BCUT2D eigenvalue weighted by Crippen LogP contribution is 2.37. The molecule has 1 aliphatic rings. The fraction of sp³-hybridized carbons (Fsp3) is 0.238. The molecule has 3 rings (SSSR count). The lowest BCUT2D eigenvalue weighted by Crippen LogP contribution is -2.44. The van der Waals surface area contributed by atoms with E-state index in [1.54, 1.807) is 6.07 Å². The number of hydrogen-bond acceptors (Lipinski definition) is 4. The van der Waals surface area contributed by atoms with E-state index in [-0.39, 0.29) is 0 Å². The van der Waals surface area contributed by atoms with Gasteiger partial charge in [0.05, 0.1) is 29.7 Å². The lowest BCUT2D eigenvalue weighted by Gasteiger charge is -2.29.